The minimum absolute atomic E-state index is 0.0156. The molecule has 2 aliphatic rings. The van der Waals surface area contributed by atoms with Crippen LogP contribution in [0.3, 0.4) is 0 Å². The molecule has 3 heterocycles. The Hall–Kier alpha value is -3.33. The first-order valence-corrected chi connectivity index (χ1v) is 12.4. The van der Waals surface area contributed by atoms with E-state index >= 15 is 0 Å². The number of nitrogens with zero attached hydrogens (tertiary/aromatic N) is 5. The highest BCUT2D eigenvalue weighted by Crippen LogP contribution is 2.50. The topological polar surface area (TPSA) is 92.1 Å². The summed E-state index contributed by atoms with van der Waals surface area (Å²) >= 11 is 0. The largest absolute Gasteiger partial charge is 0.387 e. The van der Waals surface area contributed by atoms with Crippen molar-refractivity contribution in [2.75, 3.05) is 19.7 Å². The number of aliphatic hydroxyl groups excluding tert-OH is 1. The van der Waals surface area contributed by atoms with Gasteiger partial charge in [0.25, 0.3) is 0 Å². The van der Waals surface area contributed by atoms with Gasteiger partial charge in [0.15, 0.2) is 0 Å². The number of aliphatic hydroxyl groups is 1. The summed E-state index contributed by atoms with van der Waals surface area (Å²) in [7, 11) is 0. The number of aromatic nitrogens is 4. The molecule has 1 saturated heterocycles. The zero-order chi connectivity index (χ0) is 25.4. The Balaban J connectivity index is 1.51. The molecule has 188 valence electrons. The summed E-state index contributed by atoms with van der Waals surface area (Å²) < 4.78 is 28.9. The predicted octanol–water partition coefficient (Wildman–Crippen LogP) is 4.11. The van der Waals surface area contributed by atoms with Crippen LogP contribution >= 0.6 is 0 Å². The molecule has 5 rings (SSSR count). The van der Waals surface area contributed by atoms with Crippen molar-refractivity contribution in [3.05, 3.63) is 70.9 Å². The van der Waals surface area contributed by atoms with Crippen LogP contribution < -0.4 is 0 Å². The number of piperidine rings is 1. The predicted molar refractivity (Wildman–Crippen MR) is 129 cm³/mol. The Morgan fingerprint density at radius 1 is 1.22 bits per heavy atom. The number of rotatable bonds is 5. The van der Waals surface area contributed by atoms with E-state index < -0.39 is 23.7 Å². The molecule has 3 aromatic rings. The minimum atomic E-state index is -0.667. The Morgan fingerprint density at radius 2 is 2.00 bits per heavy atom. The third-order valence-corrected chi connectivity index (χ3v) is 7.67. The van der Waals surface area contributed by atoms with Gasteiger partial charge < -0.3 is 10.0 Å². The monoisotopic (exact) mass is 493 g/mol. The Bertz CT molecular complexity index is 1280. The number of amides is 1. The zero-order valence-corrected chi connectivity index (χ0v) is 20.4. The Labute approximate surface area is 208 Å². The second kappa shape index (κ2) is 9.61. The maximum atomic E-state index is 14.4. The lowest BCUT2D eigenvalue weighted by molar-refractivity contribution is -0.135. The van der Waals surface area contributed by atoms with Gasteiger partial charge in [0.05, 0.1) is 28.1 Å². The molecule has 2 unspecified atom stereocenters. The summed E-state index contributed by atoms with van der Waals surface area (Å²) in [6.07, 6.45) is 5.01. The molecule has 36 heavy (non-hydrogen) atoms. The minimum Gasteiger partial charge on any atom is -0.387 e. The van der Waals surface area contributed by atoms with Gasteiger partial charge in [-0.2, -0.15) is 5.10 Å². The van der Waals surface area contributed by atoms with E-state index in [-0.39, 0.29) is 29.0 Å². The number of carbonyl (C=O) groups is 1. The van der Waals surface area contributed by atoms with Crippen LogP contribution in [0.5, 0.6) is 0 Å². The van der Waals surface area contributed by atoms with Crippen LogP contribution in [0.1, 0.15) is 74.1 Å². The molecule has 1 aliphatic carbocycles. The third kappa shape index (κ3) is 4.15. The van der Waals surface area contributed by atoms with E-state index in [9.17, 15) is 18.7 Å². The average molecular weight is 494 g/mol. The van der Waals surface area contributed by atoms with Gasteiger partial charge in [0, 0.05) is 25.2 Å². The SMILES string of the molecule is CC[C@@H]1CC(C)(c2ccnc(C3CCCN(C(=O)CO)C3)n2)c2nnc(-c3c(F)cccc3F)cc21. The number of carbonyl (C=O) groups excluding carboxylic acids is 1. The van der Waals surface area contributed by atoms with Gasteiger partial charge in [-0.15, -0.1) is 5.10 Å². The number of benzene rings is 1. The lowest BCUT2D eigenvalue weighted by Crippen LogP contribution is -2.41. The van der Waals surface area contributed by atoms with Crippen LogP contribution in [0.2, 0.25) is 0 Å². The van der Waals surface area contributed by atoms with Gasteiger partial charge in [0.2, 0.25) is 5.91 Å². The van der Waals surface area contributed by atoms with Crippen molar-refractivity contribution < 1.29 is 18.7 Å². The standard InChI is InChI=1S/C27H29F2N5O2/c1-3-16-13-27(2,25-18(16)12-21(32-33-25)24-19(28)7-4-8-20(24)29)22-9-10-30-26(31-22)17-6-5-11-34(14-17)23(36)15-35/h4,7-10,12,16-17,35H,3,5-6,11,13-15H2,1-2H3/t16-,17?,27?/m1/s1. The lowest BCUT2D eigenvalue weighted by atomic mass is 9.82. The molecule has 9 heteroatoms. The summed E-state index contributed by atoms with van der Waals surface area (Å²) in [6, 6.07) is 7.43. The van der Waals surface area contributed by atoms with Crippen LogP contribution in [-0.4, -0.2) is 55.8 Å². The molecule has 0 bridgehead atoms. The summed E-state index contributed by atoms with van der Waals surface area (Å²) in [5.41, 5.74) is 1.99. The number of hydrogen-bond acceptors (Lipinski definition) is 6. The van der Waals surface area contributed by atoms with E-state index in [0.717, 1.165) is 42.6 Å². The van der Waals surface area contributed by atoms with E-state index in [1.54, 1.807) is 17.2 Å². The molecule has 2 aromatic heterocycles. The smallest absolute Gasteiger partial charge is 0.248 e. The van der Waals surface area contributed by atoms with Crippen molar-refractivity contribution in [1.29, 1.82) is 0 Å². The van der Waals surface area contributed by atoms with Gasteiger partial charge >= 0.3 is 0 Å². The van der Waals surface area contributed by atoms with Crippen molar-refractivity contribution in [1.82, 2.24) is 25.1 Å². The maximum absolute atomic E-state index is 14.4. The van der Waals surface area contributed by atoms with Gasteiger partial charge in [-0.1, -0.05) is 13.0 Å². The molecule has 0 spiro atoms. The fraction of sp³-hybridized carbons (Fsp3) is 0.444. The molecule has 7 nitrogen and oxygen atoms in total. The first-order chi connectivity index (χ1) is 17.4. The fourth-order valence-electron chi connectivity index (χ4n) is 5.69. The van der Waals surface area contributed by atoms with E-state index in [4.69, 9.17) is 4.98 Å². The Morgan fingerprint density at radius 3 is 2.72 bits per heavy atom. The van der Waals surface area contributed by atoms with Crippen molar-refractivity contribution in [2.24, 2.45) is 0 Å². The number of halogens is 2. The van der Waals surface area contributed by atoms with Crippen molar-refractivity contribution in [3.8, 4) is 11.3 Å². The maximum Gasteiger partial charge on any atom is 0.248 e. The molecule has 0 saturated carbocycles. The molecule has 0 radical (unpaired) electrons. The highest BCUT2D eigenvalue weighted by molar-refractivity contribution is 5.77. The molecule has 3 atom stereocenters. The van der Waals surface area contributed by atoms with Gasteiger partial charge in [-0.05, 0) is 68.4 Å². The van der Waals surface area contributed by atoms with E-state index in [0.29, 0.717) is 18.9 Å². The summed E-state index contributed by atoms with van der Waals surface area (Å²) in [5.74, 6) is -0.822. The molecule has 1 aromatic carbocycles. The van der Waals surface area contributed by atoms with Gasteiger partial charge in [0.1, 0.15) is 24.1 Å². The summed E-state index contributed by atoms with van der Waals surface area (Å²) in [4.78, 5) is 23.2. The van der Waals surface area contributed by atoms with Crippen LogP contribution in [0, 0.1) is 11.6 Å². The van der Waals surface area contributed by atoms with Crippen LogP contribution in [-0.2, 0) is 10.2 Å². The molecular formula is C27H29F2N5O2. The first kappa shape index (κ1) is 24.4. The van der Waals surface area contributed by atoms with Crippen molar-refractivity contribution in [2.45, 2.75) is 56.8 Å². The van der Waals surface area contributed by atoms with Crippen molar-refractivity contribution in [3.63, 3.8) is 0 Å². The molecule has 1 fully saturated rings. The van der Waals surface area contributed by atoms with Crippen molar-refractivity contribution >= 4 is 5.91 Å². The van der Waals surface area contributed by atoms with E-state index in [1.807, 2.05) is 6.07 Å². The van der Waals surface area contributed by atoms with Crippen LogP contribution in [0.4, 0.5) is 8.78 Å². The highest BCUT2D eigenvalue weighted by Gasteiger charge is 2.44. The third-order valence-electron chi connectivity index (χ3n) is 7.67. The molecule has 1 amide bonds. The van der Waals surface area contributed by atoms with Gasteiger partial charge in [-0.3, -0.25) is 4.79 Å². The lowest BCUT2D eigenvalue weighted by Gasteiger charge is -2.32. The number of hydrogen-bond donors (Lipinski definition) is 1. The summed E-state index contributed by atoms with van der Waals surface area (Å²) in [5, 5.41) is 18.0. The number of likely N-dealkylation sites (tertiary alicyclic amines) is 1. The van der Waals surface area contributed by atoms with Crippen LogP contribution in [0.25, 0.3) is 11.3 Å². The second-order valence-corrected chi connectivity index (χ2v) is 9.91. The van der Waals surface area contributed by atoms with E-state index in [1.165, 1.54) is 18.2 Å². The molecular weight excluding hydrogens is 464 g/mol. The molecule has 1 N–H and O–H groups in total. The second-order valence-electron chi connectivity index (χ2n) is 9.91. The van der Waals surface area contributed by atoms with Crippen LogP contribution in [0.15, 0.2) is 36.5 Å². The highest BCUT2D eigenvalue weighted by atomic mass is 19.1. The fourth-order valence-corrected chi connectivity index (χ4v) is 5.69. The van der Waals surface area contributed by atoms with Gasteiger partial charge in [-0.25, -0.2) is 18.7 Å². The number of fused-ring (bicyclic) bond motifs is 1. The quantitative estimate of drug-likeness (QED) is 0.575. The zero-order valence-electron chi connectivity index (χ0n) is 20.4. The molecule has 1 aliphatic heterocycles. The first-order valence-electron chi connectivity index (χ1n) is 12.4. The summed E-state index contributed by atoms with van der Waals surface area (Å²) in [6.45, 7) is 4.76. The van der Waals surface area contributed by atoms with E-state index in [2.05, 4.69) is 29.0 Å². The normalized spacial score (nSPS) is 23.5. The average Bonchev–Trinajstić information content (AvgIpc) is 3.20. The Kier molecular flexibility index (Phi) is 6.51.